The summed E-state index contributed by atoms with van der Waals surface area (Å²) in [7, 11) is 0. The minimum atomic E-state index is -0.961. The molecule has 3 heterocycles. The van der Waals surface area contributed by atoms with Crippen molar-refractivity contribution in [1.29, 1.82) is 0 Å². The molecule has 5 atom stereocenters. The highest BCUT2D eigenvalue weighted by molar-refractivity contribution is 5.24. The molecule has 1 saturated carbocycles. The molecule has 1 aliphatic carbocycles. The third-order valence-electron chi connectivity index (χ3n) is 4.87. The summed E-state index contributed by atoms with van der Waals surface area (Å²) < 4.78 is 12.8. The Bertz CT molecular complexity index is 692. The topological polar surface area (TPSA) is 114 Å². The van der Waals surface area contributed by atoms with E-state index in [0.717, 1.165) is 0 Å². The van der Waals surface area contributed by atoms with E-state index in [4.69, 9.17) is 9.47 Å². The van der Waals surface area contributed by atoms with Crippen LogP contribution in [0.3, 0.4) is 0 Å². The van der Waals surface area contributed by atoms with Crippen molar-refractivity contribution in [2.24, 2.45) is 0 Å². The Kier molecular flexibility index (Phi) is 2.54. The van der Waals surface area contributed by atoms with Gasteiger partial charge in [0.1, 0.15) is 23.4 Å². The van der Waals surface area contributed by atoms with Gasteiger partial charge in [-0.3, -0.25) is 14.3 Å². The van der Waals surface area contributed by atoms with E-state index in [1.165, 1.54) is 16.8 Å². The Morgan fingerprint density at radius 3 is 2.62 bits per heavy atom. The second-order valence-electron chi connectivity index (χ2n) is 6.00. The van der Waals surface area contributed by atoms with Crippen LogP contribution in [0.15, 0.2) is 21.9 Å². The van der Waals surface area contributed by atoms with Crippen molar-refractivity contribution in [1.82, 2.24) is 9.55 Å². The van der Waals surface area contributed by atoms with Crippen molar-refractivity contribution in [3.05, 3.63) is 33.1 Å². The van der Waals surface area contributed by atoms with Crippen LogP contribution in [0.25, 0.3) is 0 Å². The maximum absolute atomic E-state index is 11.8. The monoisotopic (exact) mass is 296 g/mol. The predicted molar refractivity (Wildman–Crippen MR) is 68.9 cm³/mol. The van der Waals surface area contributed by atoms with E-state index in [9.17, 15) is 19.8 Å². The maximum Gasteiger partial charge on any atom is 0.328 e. The molecule has 114 valence electrons. The van der Waals surface area contributed by atoms with E-state index in [1.807, 2.05) is 0 Å². The van der Waals surface area contributed by atoms with Crippen LogP contribution in [0.4, 0.5) is 0 Å². The number of aromatic nitrogens is 2. The lowest BCUT2D eigenvalue weighted by molar-refractivity contribution is -0.211. The summed E-state index contributed by atoms with van der Waals surface area (Å²) in [6.07, 6.45) is 0.226. The second-order valence-corrected chi connectivity index (χ2v) is 6.00. The van der Waals surface area contributed by atoms with Gasteiger partial charge in [-0.15, -0.1) is 0 Å². The Hall–Kier alpha value is -1.48. The molecule has 1 unspecified atom stereocenters. The van der Waals surface area contributed by atoms with Crippen molar-refractivity contribution in [3.63, 3.8) is 0 Å². The fraction of sp³-hybridized carbons (Fsp3) is 0.692. The Labute approximate surface area is 118 Å². The zero-order chi connectivity index (χ0) is 14.8. The minimum absolute atomic E-state index is 0.154. The molecule has 0 radical (unpaired) electrons. The standard InChI is InChI=1S/C13H16N2O6/c16-7-5-13(7)10(18)12(2-4-20-12)8(21-13)6-15-3-1-9(17)14-11(15)19/h1,3,7-8,10,16,18H,2,4-6H2,(H,14,17,19)/t7-,8+,10+,12+,13?/m1/s1. The van der Waals surface area contributed by atoms with Crippen LogP contribution < -0.4 is 11.2 Å². The van der Waals surface area contributed by atoms with E-state index >= 15 is 0 Å². The van der Waals surface area contributed by atoms with E-state index in [0.29, 0.717) is 19.4 Å². The van der Waals surface area contributed by atoms with Gasteiger partial charge in [-0.2, -0.15) is 0 Å². The highest BCUT2D eigenvalue weighted by Crippen LogP contribution is 2.58. The molecule has 3 fully saturated rings. The van der Waals surface area contributed by atoms with Crippen LogP contribution in [-0.2, 0) is 16.0 Å². The summed E-state index contributed by atoms with van der Waals surface area (Å²) >= 11 is 0. The average Bonchev–Trinajstić information content (AvgIpc) is 2.94. The molecule has 3 aliphatic rings. The first kappa shape index (κ1) is 13.2. The average molecular weight is 296 g/mol. The highest BCUT2D eigenvalue weighted by atomic mass is 16.6. The van der Waals surface area contributed by atoms with E-state index < -0.39 is 40.8 Å². The Morgan fingerprint density at radius 2 is 2.10 bits per heavy atom. The van der Waals surface area contributed by atoms with Crippen LogP contribution in [0.1, 0.15) is 12.8 Å². The molecule has 1 aromatic heterocycles. The van der Waals surface area contributed by atoms with Crippen LogP contribution in [0.5, 0.6) is 0 Å². The zero-order valence-corrected chi connectivity index (χ0v) is 11.2. The first-order chi connectivity index (χ1) is 9.98. The molecular formula is C13H16N2O6. The van der Waals surface area contributed by atoms with Gasteiger partial charge in [0.2, 0.25) is 0 Å². The first-order valence-electron chi connectivity index (χ1n) is 6.96. The quantitative estimate of drug-likeness (QED) is 0.579. The number of aliphatic hydroxyl groups excluding tert-OH is 2. The van der Waals surface area contributed by atoms with E-state index in [2.05, 4.69) is 4.98 Å². The van der Waals surface area contributed by atoms with Crippen LogP contribution in [0.2, 0.25) is 0 Å². The summed E-state index contributed by atoms with van der Waals surface area (Å²) in [5.74, 6) is 0. The van der Waals surface area contributed by atoms with Crippen LogP contribution in [-0.4, -0.2) is 55.9 Å². The lowest BCUT2D eigenvalue weighted by Crippen LogP contribution is -2.59. The molecule has 3 N–H and O–H groups in total. The van der Waals surface area contributed by atoms with Crippen LogP contribution >= 0.6 is 0 Å². The molecule has 0 bridgehead atoms. The molecule has 8 heteroatoms. The smallest absolute Gasteiger partial charge is 0.328 e. The van der Waals surface area contributed by atoms with Crippen molar-refractivity contribution in [2.45, 2.75) is 48.9 Å². The van der Waals surface area contributed by atoms with Gasteiger partial charge >= 0.3 is 5.69 Å². The first-order valence-corrected chi connectivity index (χ1v) is 6.96. The molecule has 21 heavy (non-hydrogen) atoms. The number of aromatic amines is 1. The van der Waals surface area contributed by atoms with Crippen molar-refractivity contribution >= 4 is 0 Å². The largest absolute Gasteiger partial charge is 0.390 e. The van der Waals surface area contributed by atoms with Crippen molar-refractivity contribution < 1.29 is 19.7 Å². The number of nitrogens with zero attached hydrogens (tertiary/aromatic N) is 1. The Morgan fingerprint density at radius 1 is 1.38 bits per heavy atom. The molecule has 0 aromatic carbocycles. The van der Waals surface area contributed by atoms with Gasteiger partial charge in [0.25, 0.3) is 5.56 Å². The number of ether oxygens (including phenoxy) is 2. The fourth-order valence-corrected chi connectivity index (χ4v) is 3.45. The SMILES string of the molecule is O=c1ccn(C[C@@H]2OC3(C[C@H]3O)[C@@H](O)[C@]23CCO3)c(=O)[nH]1. The molecule has 2 saturated heterocycles. The van der Waals surface area contributed by atoms with Gasteiger partial charge in [-0.05, 0) is 0 Å². The van der Waals surface area contributed by atoms with Gasteiger partial charge in [0.15, 0.2) is 0 Å². The van der Waals surface area contributed by atoms with Crippen LogP contribution in [0, 0.1) is 0 Å². The van der Waals surface area contributed by atoms with Crippen molar-refractivity contribution in [2.75, 3.05) is 6.61 Å². The third kappa shape index (κ3) is 1.64. The third-order valence-corrected chi connectivity index (χ3v) is 4.87. The Balaban J connectivity index is 1.65. The number of aliphatic hydroxyl groups is 2. The number of rotatable bonds is 2. The fourth-order valence-electron chi connectivity index (χ4n) is 3.45. The number of H-pyrrole nitrogens is 1. The highest BCUT2D eigenvalue weighted by Gasteiger charge is 2.75. The lowest BCUT2D eigenvalue weighted by atomic mass is 9.82. The number of nitrogens with one attached hydrogen (secondary N) is 1. The molecule has 4 rings (SSSR count). The molecule has 2 spiro atoms. The molecule has 2 aliphatic heterocycles. The van der Waals surface area contributed by atoms with Gasteiger partial charge in [0, 0.05) is 25.1 Å². The summed E-state index contributed by atoms with van der Waals surface area (Å²) in [6.45, 7) is 0.671. The van der Waals surface area contributed by atoms with Gasteiger partial charge in [-0.1, -0.05) is 0 Å². The molecular weight excluding hydrogens is 280 g/mol. The maximum atomic E-state index is 11.8. The second kappa shape index (κ2) is 4.04. The number of hydrogen-bond acceptors (Lipinski definition) is 6. The van der Waals surface area contributed by atoms with Gasteiger partial charge in [-0.25, -0.2) is 4.79 Å². The normalized spacial score (nSPS) is 44.2. The summed E-state index contributed by atoms with van der Waals surface area (Å²) in [5, 5.41) is 20.2. The predicted octanol–water partition coefficient (Wildman–Crippen LogP) is -2.04. The zero-order valence-electron chi connectivity index (χ0n) is 11.2. The number of hydrogen-bond donors (Lipinski definition) is 3. The van der Waals surface area contributed by atoms with Crippen molar-refractivity contribution in [3.8, 4) is 0 Å². The van der Waals surface area contributed by atoms with E-state index in [1.54, 1.807) is 0 Å². The summed E-state index contributed by atoms with van der Waals surface area (Å²) in [5.41, 5.74) is -2.83. The molecule has 1 aromatic rings. The van der Waals surface area contributed by atoms with Gasteiger partial charge in [0.05, 0.1) is 19.3 Å². The lowest BCUT2D eigenvalue weighted by Gasteiger charge is -2.44. The summed E-state index contributed by atoms with van der Waals surface area (Å²) in [6, 6.07) is 1.25. The molecule has 8 nitrogen and oxygen atoms in total. The molecule has 0 amide bonds. The van der Waals surface area contributed by atoms with Gasteiger partial charge < -0.3 is 19.7 Å². The summed E-state index contributed by atoms with van der Waals surface area (Å²) in [4.78, 5) is 25.0. The minimum Gasteiger partial charge on any atom is -0.390 e. The van der Waals surface area contributed by atoms with E-state index in [-0.39, 0.29) is 6.54 Å².